The molecular formula is C20H22N4O3. The van der Waals surface area contributed by atoms with Crippen molar-refractivity contribution in [3.8, 4) is 0 Å². The van der Waals surface area contributed by atoms with Gasteiger partial charge in [-0.1, -0.05) is 12.6 Å². The highest BCUT2D eigenvalue weighted by Gasteiger charge is 2.26. The highest BCUT2D eigenvalue weighted by molar-refractivity contribution is 6.02. The number of amides is 3. The van der Waals surface area contributed by atoms with E-state index in [1.165, 1.54) is 6.08 Å². The summed E-state index contributed by atoms with van der Waals surface area (Å²) in [5.74, 6) is -0.346. The van der Waals surface area contributed by atoms with Gasteiger partial charge < -0.3 is 20.1 Å². The molecule has 2 aliphatic rings. The number of benzene rings is 1. The Morgan fingerprint density at radius 1 is 1.26 bits per heavy atom. The minimum Gasteiger partial charge on any atom is -0.349 e. The molecule has 7 nitrogen and oxygen atoms in total. The molecule has 0 unspecified atom stereocenters. The van der Waals surface area contributed by atoms with Crippen LogP contribution in [-0.2, 0) is 11.3 Å². The maximum atomic E-state index is 13.0. The Balaban J connectivity index is 1.58. The van der Waals surface area contributed by atoms with Crippen LogP contribution in [0.3, 0.4) is 0 Å². The molecule has 2 aromatic rings. The van der Waals surface area contributed by atoms with Crippen LogP contribution >= 0.6 is 0 Å². The Hall–Kier alpha value is -3.09. The van der Waals surface area contributed by atoms with Crippen molar-refractivity contribution in [2.75, 3.05) is 19.6 Å². The molecule has 7 heteroatoms. The van der Waals surface area contributed by atoms with Crippen molar-refractivity contribution in [2.45, 2.75) is 25.4 Å². The number of nitrogens with one attached hydrogen (secondary N) is 2. The lowest BCUT2D eigenvalue weighted by molar-refractivity contribution is -0.117. The van der Waals surface area contributed by atoms with E-state index in [-0.39, 0.29) is 23.8 Å². The van der Waals surface area contributed by atoms with Crippen molar-refractivity contribution in [3.63, 3.8) is 0 Å². The van der Waals surface area contributed by atoms with Gasteiger partial charge >= 0.3 is 0 Å². The van der Waals surface area contributed by atoms with E-state index >= 15 is 0 Å². The number of nitrogens with zero attached hydrogens (tertiary/aromatic N) is 2. The lowest BCUT2D eigenvalue weighted by atomic mass is 10.0. The minimum absolute atomic E-state index is 0.0507. The van der Waals surface area contributed by atoms with Gasteiger partial charge in [0.05, 0.1) is 0 Å². The number of piperidine rings is 1. The summed E-state index contributed by atoms with van der Waals surface area (Å²) in [6, 6.07) is 7.37. The number of fused-ring (bicyclic) bond motifs is 3. The summed E-state index contributed by atoms with van der Waals surface area (Å²) < 4.78 is 1.97. The Bertz CT molecular complexity index is 946. The fraction of sp³-hybridized carbons (Fsp3) is 0.350. The van der Waals surface area contributed by atoms with Crippen LogP contribution in [0, 0.1) is 0 Å². The summed E-state index contributed by atoms with van der Waals surface area (Å²) in [6.45, 7) is 5.92. The quantitative estimate of drug-likeness (QED) is 0.803. The standard InChI is InChI=1S/C20H22N4O3/c1-2-18(25)22-15-4-3-8-23(12-15)20(27)14-6-5-13-10-17-19(26)21-7-9-24(17)16(13)11-14/h2,5-6,10-11,15H,1,3-4,7-9,12H2,(H,21,26)(H,22,25)/t15-/m1/s1. The summed E-state index contributed by atoms with van der Waals surface area (Å²) in [5.41, 5.74) is 2.13. The first-order valence-corrected chi connectivity index (χ1v) is 9.20. The van der Waals surface area contributed by atoms with Crippen molar-refractivity contribution in [3.05, 3.63) is 48.2 Å². The number of likely N-dealkylation sites (tertiary alicyclic amines) is 1. The summed E-state index contributed by atoms with van der Waals surface area (Å²) in [5, 5.41) is 6.67. The number of aromatic nitrogens is 1. The van der Waals surface area contributed by atoms with Crippen LogP contribution in [0.15, 0.2) is 36.9 Å². The monoisotopic (exact) mass is 366 g/mol. The van der Waals surface area contributed by atoms with E-state index in [4.69, 9.17) is 0 Å². The third-order valence-corrected chi connectivity index (χ3v) is 5.25. The molecule has 0 aliphatic carbocycles. The number of carbonyl (C=O) groups excluding carboxylic acids is 3. The van der Waals surface area contributed by atoms with E-state index in [9.17, 15) is 14.4 Å². The molecule has 0 radical (unpaired) electrons. The number of hydrogen-bond acceptors (Lipinski definition) is 3. The first-order chi connectivity index (χ1) is 13.1. The molecule has 1 atom stereocenters. The van der Waals surface area contributed by atoms with E-state index < -0.39 is 0 Å². The van der Waals surface area contributed by atoms with E-state index in [2.05, 4.69) is 17.2 Å². The summed E-state index contributed by atoms with van der Waals surface area (Å²) >= 11 is 0. The van der Waals surface area contributed by atoms with Crippen LogP contribution in [-0.4, -0.2) is 52.9 Å². The van der Waals surface area contributed by atoms with Gasteiger partial charge in [0, 0.05) is 48.7 Å². The maximum absolute atomic E-state index is 13.0. The van der Waals surface area contributed by atoms with Crippen molar-refractivity contribution in [2.24, 2.45) is 0 Å². The van der Waals surface area contributed by atoms with Crippen molar-refractivity contribution >= 4 is 28.6 Å². The zero-order chi connectivity index (χ0) is 19.0. The van der Waals surface area contributed by atoms with Crippen LogP contribution < -0.4 is 10.6 Å². The van der Waals surface area contributed by atoms with Gasteiger partial charge in [-0.15, -0.1) is 0 Å². The lowest BCUT2D eigenvalue weighted by Gasteiger charge is -2.33. The highest BCUT2D eigenvalue weighted by atomic mass is 16.2. The maximum Gasteiger partial charge on any atom is 0.268 e. The van der Waals surface area contributed by atoms with E-state index in [1.54, 1.807) is 11.0 Å². The van der Waals surface area contributed by atoms with Gasteiger partial charge in [0.15, 0.2) is 0 Å². The topological polar surface area (TPSA) is 83.4 Å². The van der Waals surface area contributed by atoms with Gasteiger partial charge in [0.2, 0.25) is 5.91 Å². The molecule has 0 saturated carbocycles. The molecule has 1 aromatic carbocycles. The first-order valence-electron chi connectivity index (χ1n) is 9.20. The first kappa shape index (κ1) is 17.3. The molecule has 3 heterocycles. The number of hydrogen-bond donors (Lipinski definition) is 2. The Morgan fingerprint density at radius 3 is 2.93 bits per heavy atom. The molecule has 1 fully saturated rings. The molecule has 2 N–H and O–H groups in total. The van der Waals surface area contributed by atoms with Crippen LogP contribution in [0.1, 0.15) is 33.7 Å². The van der Waals surface area contributed by atoms with Gasteiger partial charge in [-0.2, -0.15) is 0 Å². The van der Waals surface area contributed by atoms with Crippen LogP contribution in [0.4, 0.5) is 0 Å². The Labute approximate surface area is 157 Å². The molecule has 0 bridgehead atoms. The Morgan fingerprint density at radius 2 is 2.11 bits per heavy atom. The van der Waals surface area contributed by atoms with Gasteiger partial charge in [-0.25, -0.2) is 0 Å². The van der Waals surface area contributed by atoms with Crippen LogP contribution in [0.2, 0.25) is 0 Å². The highest BCUT2D eigenvalue weighted by Crippen LogP contribution is 2.24. The molecular weight excluding hydrogens is 344 g/mol. The zero-order valence-electron chi connectivity index (χ0n) is 15.0. The fourth-order valence-corrected chi connectivity index (χ4v) is 3.91. The molecule has 1 saturated heterocycles. The fourth-order valence-electron chi connectivity index (χ4n) is 3.91. The van der Waals surface area contributed by atoms with Crippen molar-refractivity contribution in [1.82, 2.24) is 20.1 Å². The average molecular weight is 366 g/mol. The van der Waals surface area contributed by atoms with Gasteiger partial charge in [-0.3, -0.25) is 14.4 Å². The minimum atomic E-state index is -0.214. The molecule has 140 valence electrons. The molecule has 4 rings (SSSR count). The van der Waals surface area contributed by atoms with Crippen LogP contribution in [0.25, 0.3) is 10.9 Å². The van der Waals surface area contributed by atoms with Gasteiger partial charge in [-0.05, 0) is 37.1 Å². The normalized spacial score (nSPS) is 19.3. The predicted molar refractivity (Wildman–Crippen MR) is 102 cm³/mol. The molecule has 2 aliphatic heterocycles. The van der Waals surface area contributed by atoms with Crippen LogP contribution in [0.5, 0.6) is 0 Å². The number of rotatable bonds is 3. The zero-order valence-corrected chi connectivity index (χ0v) is 15.0. The average Bonchev–Trinajstić information content (AvgIpc) is 3.07. The molecule has 1 aromatic heterocycles. The smallest absolute Gasteiger partial charge is 0.268 e. The molecule has 0 spiro atoms. The third kappa shape index (κ3) is 3.20. The van der Waals surface area contributed by atoms with E-state index in [0.29, 0.717) is 37.4 Å². The van der Waals surface area contributed by atoms with Gasteiger partial charge in [0.25, 0.3) is 11.8 Å². The summed E-state index contributed by atoms with van der Waals surface area (Å²) in [7, 11) is 0. The SMILES string of the molecule is C=CC(=O)N[C@@H]1CCCN(C(=O)c2ccc3cc4n(c3c2)CCNC4=O)C1. The van der Waals surface area contributed by atoms with E-state index in [1.807, 2.05) is 22.8 Å². The second kappa shape index (κ2) is 6.90. The predicted octanol–water partition coefficient (Wildman–Crippen LogP) is 1.29. The van der Waals surface area contributed by atoms with E-state index in [0.717, 1.165) is 23.7 Å². The van der Waals surface area contributed by atoms with Gasteiger partial charge in [0.1, 0.15) is 5.69 Å². The largest absolute Gasteiger partial charge is 0.349 e. The summed E-state index contributed by atoms with van der Waals surface area (Å²) in [4.78, 5) is 38.3. The molecule has 3 amide bonds. The summed E-state index contributed by atoms with van der Waals surface area (Å²) in [6.07, 6.45) is 2.95. The Kier molecular flexibility index (Phi) is 4.43. The van der Waals surface area contributed by atoms with Crippen molar-refractivity contribution < 1.29 is 14.4 Å². The van der Waals surface area contributed by atoms with Crippen molar-refractivity contribution in [1.29, 1.82) is 0 Å². The molecule has 27 heavy (non-hydrogen) atoms. The third-order valence-electron chi connectivity index (χ3n) is 5.25. The second-order valence-corrected chi connectivity index (χ2v) is 7.01. The lowest BCUT2D eigenvalue weighted by Crippen LogP contribution is -2.49. The second-order valence-electron chi connectivity index (χ2n) is 7.01. The number of carbonyl (C=O) groups is 3.